The summed E-state index contributed by atoms with van der Waals surface area (Å²) in [6, 6.07) is 10.4. The largest absolute Gasteiger partial charge is 0.352 e. The molecule has 0 aromatic heterocycles. The molecule has 8 heteroatoms. The van der Waals surface area contributed by atoms with Crippen molar-refractivity contribution in [1.29, 1.82) is 0 Å². The van der Waals surface area contributed by atoms with Crippen LogP contribution in [0.1, 0.15) is 36.7 Å². The van der Waals surface area contributed by atoms with Gasteiger partial charge in [0.2, 0.25) is 10.0 Å². The molecule has 0 aliphatic rings. The van der Waals surface area contributed by atoms with Gasteiger partial charge in [-0.15, -0.1) is 0 Å². The quantitative estimate of drug-likeness (QED) is 0.762. The van der Waals surface area contributed by atoms with Crippen LogP contribution in [-0.2, 0) is 16.4 Å². The highest BCUT2D eigenvalue weighted by molar-refractivity contribution is 7.89. The fraction of sp³-hybridized carbons (Fsp3) is 0.316. The Labute approximate surface area is 164 Å². The van der Waals surface area contributed by atoms with Crippen LogP contribution in [0.4, 0.5) is 4.39 Å². The zero-order valence-electron chi connectivity index (χ0n) is 15.3. The average Bonchev–Trinajstić information content (AvgIpc) is 2.54. The number of sulfonamides is 1. The Morgan fingerprint density at radius 2 is 1.81 bits per heavy atom. The van der Waals surface area contributed by atoms with Gasteiger partial charge in [-0.3, -0.25) is 4.79 Å². The minimum absolute atomic E-state index is 0.0228. The third-order valence-electron chi connectivity index (χ3n) is 3.56. The van der Waals surface area contributed by atoms with Crippen molar-refractivity contribution in [3.63, 3.8) is 0 Å². The summed E-state index contributed by atoms with van der Waals surface area (Å²) in [7, 11) is -3.89. The highest BCUT2D eigenvalue weighted by Crippen LogP contribution is 2.24. The van der Waals surface area contributed by atoms with E-state index < -0.39 is 21.5 Å². The molecule has 0 heterocycles. The van der Waals surface area contributed by atoms with Crippen LogP contribution in [0.2, 0.25) is 5.02 Å². The Kier molecular flexibility index (Phi) is 6.62. The van der Waals surface area contributed by atoms with Crippen LogP contribution in [0.25, 0.3) is 0 Å². The van der Waals surface area contributed by atoms with E-state index in [1.807, 2.05) is 0 Å². The van der Waals surface area contributed by atoms with E-state index in [-0.39, 0.29) is 27.8 Å². The molecule has 0 atom stereocenters. The number of benzene rings is 2. The zero-order valence-corrected chi connectivity index (χ0v) is 16.9. The van der Waals surface area contributed by atoms with Crippen molar-refractivity contribution >= 4 is 27.5 Å². The molecule has 1 amide bonds. The van der Waals surface area contributed by atoms with Crippen LogP contribution in [0.3, 0.4) is 0 Å². The maximum atomic E-state index is 13.6. The first-order valence-electron chi connectivity index (χ1n) is 8.35. The van der Waals surface area contributed by atoms with E-state index in [0.717, 1.165) is 0 Å². The molecule has 0 fully saturated rings. The number of hydrogen-bond donors (Lipinski definition) is 2. The first kappa shape index (κ1) is 21.3. The fourth-order valence-electron chi connectivity index (χ4n) is 2.42. The van der Waals surface area contributed by atoms with Crippen molar-refractivity contribution in [3.05, 3.63) is 64.4 Å². The van der Waals surface area contributed by atoms with Crippen molar-refractivity contribution in [2.45, 2.75) is 37.6 Å². The Morgan fingerprint density at radius 1 is 1.15 bits per heavy atom. The lowest BCUT2D eigenvalue weighted by Gasteiger charge is -2.21. The van der Waals surface area contributed by atoms with Gasteiger partial charge < -0.3 is 5.32 Å². The highest BCUT2D eigenvalue weighted by Gasteiger charge is 2.25. The van der Waals surface area contributed by atoms with Crippen molar-refractivity contribution in [3.8, 4) is 0 Å². The summed E-state index contributed by atoms with van der Waals surface area (Å²) in [5.41, 5.74) is -0.0473. The van der Waals surface area contributed by atoms with Gasteiger partial charge in [0.05, 0.1) is 5.02 Å². The maximum absolute atomic E-state index is 13.6. The summed E-state index contributed by atoms with van der Waals surface area (Å²) >= 11 is 6.02. The molecule has 0 aliphatic heterocycles. The van der Waals surface area contributed by atoms with Crippen molar-refractivity contribution in [1.82, 2.24) is 10.0 Å². The van der Waals surface area contributed by atoms with Crippen LogP contribution in [-0.4, -0.2) is 26.4 Å². The number of nitrogens with one attached hydrogen (secondary N) is 2. The van der Waals surface area contributed by atoms with Gasteiger partial charge in [-0.1, -0.05) is 29.8 Å². The Bertz CT molecular complexity index is 940. The van der Waals surface area contributed by atoms with Gasteiger partial charge in [0.25, 0.3) is 5.91 Å². The number of carbonyl (C=O) groups excluding carboxylic acids is 1. The lowest BCUT2D eigenvalue weighted by molar-refractivity contribution is 0.0954. The molecule has 0 bridgehead atoms. The molecule has 2 rings (SSSR count). The Hall–Kier alpha value is -1.96. The Balaban J connectivity index is 2.12. The van der Waals surface area contributed by atoms with Gasteiger partial charge in [0.1, 0.15) is 10.7 Å². The molecule has 146 valence electrons. The van der Waals surface area contributed by atoms with Gasteiger partial charge in [0.15, 0.2) is 0 Å². The molecule has 0 saturated carbocycles. The lowest BCUT2D eigenvalue weighted by Crippen LogP contribution is -2.40. The second-order valence-corrected chi connectivity index (χ2v) is 9.16. The molecule has 5 nitrogen and oxygen atoms in total. The number of halogens is 2. The van der Waals surface area contributed by atoms with Crippen molar-refractivity contribution in [2.24, 2.45) is 0 Å². The van der Waals surface area contributed by atoms with Crippen LogP contribution < -0.4 is 10.0 Å². The summed E-state index contributed by atoms with van der Waals surface area (Å²) in [5.74, 6) is -0.796. The van der Waals surface area contributed by atoms with E-state index in [4.69, 9.17) is 11.6 Å². The standard InChI is InChI=1S/C19H22ClFN2O3S/c1-19(2,3)23-27(25,26)17-12-14(8-9-15(17)20)18(24)22-11-10-13-6-4-5-7-16(13)21/h4-9,12,23H,10-11H2,1-3H3,(H,22,24). The smallest absolute Gasteiger partial charge is 0.251 e. The third kappa shape index (κ3) is 6.02. The number of amides is 1. The topological polar surface area (TPSA) is 75.3 Å². The van der Waals surface area contributed by atoms with Crippen molar-refractivity contribution in [2.75, 3.05) is 6.54 Å². The number of rotatable bonds is 6. The van der Waals surface area contributed by atoms with Crippen LogP contribution >= 0.6 is 11.6 Å². The highest BCUT2D eigenvalue weighted by atomic mass is 35.5. The summed E-state index contributed by atoms with van der Waals surface area (Å²) in [5, 5.41) is 2.68. The summed E-state index contributed by atoms with van der Waals surface area (Å²) in [6.45, 7) is 5.33. The average molecular weight is 413 g/mol. The molecule has 0 spiro atoms. The van der Waals surface area contributed by atoms with Gasteiger partial charge >= 0.3 is 0 Å². The third-order valence-corrected chi connectivity index (χ3v) is 5.80. The lowest BCUT2D eigenvalue weighted by atomic mass is 10.1. The summed E-state index contributed by atoms with van der Waals surface area (Å²) < 4.78 is 41.1. The minimum atomic E-state index is -3.89. The SMILES string of the molecule is CC(C)(C)NS(=O)(=O)c1cc(C(=O)NCCc2ccccc2F)ccc1Cl. The molecule has 27 heavy (non-hydrogen) atoms. The number of hydrogen-bond acceptors (Lipinski definition) is 3. The summed E-state index contributed by atoms with van der Waals surface area (Å²) in [6.07, 6.45) is 0.322. The van der Waals surface area contributed by atoms with E-state index in [1.54, 1.807) is 39.0 Å². The fourth-order valence-corrected chi connectivity index (χ4v) is 4.37. The van der Waals surface area contributed by atoms with Gasteiger partial charge in [-0.25, -0.2) is 17.5 Å². The van der Waals surface area contributed by atoms with Crippen LogP contribution in [0, 0.1) is 5.82 Å². The van der Waals surface area contributed by atoms with E-state index >= 15 is 0 Å². The Morgan fingerprint density at radius 3 is 2.44 bits per heavy atom. The maximum Gasteiger partial charge on any atom is 0.251 e. The van der Waals surface area contributed by atoms with E-state index in [9.17, 15) is 17.6 Å². The first-order chi connectivity index (χ1) is 12.5. The van der Waals surface area contributed by atoms with Gasteiger partial charge in [-0.05, 0) is 57.0 Å². The molecular formula is C19H22ClFN2O3S. The van der Waals surface area contributed by atoms with Crippen molar-refractivity contribution < 1.29 is 17.6 Å². The molecule has 2 aromatic rings. The predicted octanol–water partition coefficient (Wildman–Crippen LogP) is 3.53. The second-order valence-electron chi connectivity index (χ2n) is 7.10. The van der Waals surface area contributed by atoms with Crippen LogP contribution in [0.15, 0.2) is 47.4 Å². The molecule has 0 radical (unpaired) electrons. The molecule has 0 saturated heterocycles. The molecule has 2 aromatic carbocycles. The van der Waals surface area contributed by atoms with Gasteiger partial charge in [0, 0.05) is 17.6 Å². The zero-order chi connectivity index (χ0) is 20.2. The summed E-state index contributed by atoms with van der Waals surface area (Å²) in [4.78, 5) is 12.2. The number of carbonyl (C=O) groups is 1. The molecule has 0 unspecified atom stereocenters. The monoisotopic (exact) mass is 412 g/mol. The molecule has 0 aliphatic carbocycles. The molecule has 2 N–H and O–H groups in total. The normalized spacial score (nSPS) is 12.0. The second kappa shape index (κ2) is 8.37. The van der Waals surface area contributed by atoms with Crippen LogP contribution in [0.5, 0.6) is 0 Å². The van der Waals surface area contributed by atoms with E-state index in [0.29, 0.717) is 12.0 Å². The van der Waals surface area contributed by atoms with E-state index in [1.165, 1.54) is 24.3 Å². The van der Waals surface area contributed by atoms with E-state index in [2.05, 4.69) is 10.0 Å². The predicted molar refractivity (Wildman–Crippen MR) is 104 cm³/mol. The molecular weight excluding hydrogens is 391 g/mol. The first-order valence-corrected chi connectivity index (χ1v) is 10.2. The van der Waals surface area contributed by atoms with Gasteiger partial charge in [-0.2, -0.15) is 0 Å². The minimum Gasteiger partial charge on any atom is -0.352 e.